The molecule has 0 aliphatic heterocycles. The molecule has 2 N–H and O–H groups in total. The number of guanidine groups is 1. The minimum absolute atomic E-state index is 0.183. The molecule has 0 bridgehead atoms. The molecule has 0 aliphatic carbocycles. The Kier molecular flexibility index (Phi) is 12.2. The number of aliphatic imine (C=N–C) groups is 1. The summed E-state index contributed by atoms with van der Waals surface area (Å²) in [6, 6.07) is 9.45. The Labute approximate surface area is 179 Å². The Morgan fingerprint density at radius 2 is 1.80 bits per heavy atom. The van der Waals surface area contributed by atoms with Gasteiger partial charge in [-0.25, -0.2) is 4.79 Å². The van der Waals surface area contributed by atoms with Gasteiger partial charge >= 0.3 is 12.1 Å². The van der Waals surface area contributed by atoms with Crippen LogP contribution in [0.3, 0.4) is 0 Å². The van der Waals surface area contributed by atoms with E-state index in [0.717, 1.165) is 24.8 Å². The highest BCUT2D eigenvalue weighted by atomic mass is 16.6. The van der Waals surface area contributed by atoms with Gasteiger partial charge in [-0.05, 0) is 39.2 Å². The Bertz CT molecular complexity index is 656. The van der Waals surface area contributed by atoms with Crippen LogP contribution < -0.4 is 10.6 Å². The van der Waals surface area contributed by atoms with Crippen LogP contribution in [0.4, 0.5) is 4.79 Å². The van der Waals surface area contributed by atoms with Crippen LogP contribution in [-0.4, -0.2) is 50.4 Å². The largest absolute Gasteiger partial charge is 0.460 e. The molecule has 0 aromatic heterocycles. The number of methoxy groups -OCH3 is 1. The number of ether oxygens (including phenoxy) is 3. The van der Waals surface area contributed by atoms with Gasteiger partial charge < -0.3 is 19.5 Å². The Morgan fingerprint density at radius 1 is 1.07 bits per heavy atom. The van der Waals surface area contributed by atoms with Crippen molar-refractivity contribution in [1.29, 1.82) is 0 Å². The minimum Gasteiger partial charge on any atom is -0.460 e. The Hall–Kier alpha value is -2.61. The summed E-state index contributed by atoms with van der Waals surface area (Å²) < 4.78 is 15.5. The number of rotatable bonds is 11. The predicted molar refractivity (Wildman–Crippen MR) is 116 cm³/mol. The molecule has 0 heterocycles. The number of amides is 1. The minimum atomic E-state index is -0.576. The second-order valence-electron chi connectivity index (χ2n) is 7.73. The van der Waals surface area contributed by atoms with Crippen LogP contribution in [-0.2, 0) is 25.6 Å². The lowest BCUT2D eigenvalue weighted by Crippen LogP contribution is -2.42. The van der Waals surface area contributed by atoms with E-state index in [9.17, 15) is 9.59 Å². The van der Waals surface area contributed by atoms with Crippen LogP contribution in [0.15, 0.2) is 35.3 Å². The number of benzene rings is 1. The van der Waals surface area contributed by atoms with E-state index >= 15 is 0 Å². The smallest absolute Gasteiger partial charge is 0.414 e. The first-order valence-corrected chi connectivity index (χ1v) is 10.3. The lowest BCUT2D eigenvalue weighted by atomic mass is 10.1. The van der Waals surface area contributed by atoms with Gasteiger partial charge in [0.25, 0.3) is 0 Å². The highest BCUT2D eigenvalue weighted by Crippen LogP contribution is 2.10. The van der Waals surface area contributed by atoms with Crippen LogP contribution >= 0.6 is 0 Å². The average molecular weight is 422 g/mol. The number of unbranched alkanes of at least 4 members (excludes halogenated alkanes) is 2. The zero-order valence-corrected chi connectivity index (χ0v) is 18.5. The molecule has 1 rings (SSSR count). The summed E-state index contributed by atoms with van der Waals surface area (Å²) in [7, 11) is 1.60. The fraction of sp³-hybridized carbons (Fsp3) is 0.591. The third-order valence-electron chi connectivity index (χ3n) is 3.76. The van der Waals surface area contributed by atoms with E-state index in [1.807, 2.05) is 51.1 Å². The van der Waals surface area contributed by atoms with Crippen LogP contribution in [0.2, 0.25) is 0 Å². The maximum atomic E-state index is 12.0. The topological polar surface area (TPSA) is 98.3 Å². The molecule has 30 heavy (non-hydrogen) atoms. The van der Waals surface area contributed by atoms with E-state index in [0.29, 0.717) is 32.1 Å². The van der Waals surface area contributed by atoms with Crippen molar-refractivity contribution in [1.82, 2.24) is 10.6 Å². The molecule has 1 aromatic rings. The van der Waals surface area contributed by atoms with E-state index < -0.39 is 11.7 Å². The molecule has 168 valence electrons. The Morgan fingerprint density at radius 3 is 2.47 bits per heavy atom. The van der Waals surface area contributed by atoms with Gasteiger partial charge in [-0.2, -0.15) is 0 Å². The molecular formula is C22H35N3O5. The molecule has 0 spiro atoms. The van der Waals surface area contributed by atoms with E-state index in [1.165, 1.54) is 0 Å². The number of carbonyl (C=O) groups is 2. The van der Waals surface area contributed by atoms with Gasteiger partial charge in [0.05, 0.1) is 6.61 Å². The quantitative estimate of drug-likeness (QED) is 0.246. The standard InChI is InChI=1S/C22H35N3O5/c1-22(2,3)30-19(26)13-9-6-10-14-23-20(24-15-16-28-4)25-21(27)29-17-18-11-7-5-8-12-18/h5,7-8,11-12H,6,9-10,13-17H2,1-4H3,(H2,23,24,25,27). The number of nitrogens with one attached hydrogen (secondary N) is 2. The zero-order valence-electron chi connectivity index (χ0n) is 18.5. The van der Waals surface area contributed by atoms with Gasteiger partial charge in [-0.15, -0.1) is 0 Å². The van der Waals surface area contributed by atoms with E-state index in [-0.39, 0.29) is 12.6 Å². The van der Waals surface area contributed by atoms with E-state index in [1.54, 1.807) is 7.11 Å². The summed E-state index contributed by atoms with van der Waals surface area (Å²) in [5.74, 6) is 0.160. The second kappa shape index (κ2) is 14.4. The molecule has 1 aromatic carbocycles. The summed E-state index contributed by atoms with van der Waals surface area (Å²) in [4.78, 5) is 28.1. The molecule has 0 unspecified atom stereocenters. The van der Waals surface area contributed by atoms with Crippen molar-refractivity contribution >= 4 is 18.0 Å². The number of esters is 1. The number of alkyl carbamates (subject to hydrolysis) is 1. The van der Waals surface area contributed by atoms with Crippen LogP contribution in [0.25, 0.3) is 0 Å². The fourth-order valence-electron chi connectivity index (χ4n) is 2.41. The normalized spacial score (nSPS) is 11.7. The van der Waals surface area contributed by atoms with Gasteiger partial charge in [-0.3, -0.25) is 15.1 Å². The number of carbonyl (C=O) groups excluding carboxylic acids is 2. The van der Waals surface area contributed by atoms with Crippen molar-refractivity contribution in [2.75, 3.05) is 26.8 Å². The molecule has 0 radical (unpaired) electrons. The molecule has 0 fully saturated rings. The fourth-order valence-corrected chi connectivity index (χ4v) is 2.41. The predicted octanol–water partition coefficient (Wildman–Crippen LogP) is 3.41. The van der Waals surface area contributed by atoms with Crippen molar-refractivity contribution in [3.05, 3.63) is 35.9 Å². The van der Waals surface area contributed by atoms with Crippen molar-refractivity contribution in [3.63, 3.8) is 0 Å². The van der Waals surface area contributed by atoms with Crippen LogP contribution in [0.1, 0.15) is 52.0 Å². The summed E-state index contributed by atoms with van der Waals surface area (Å²) in [5.41, 5.74) is 0.453. The first-order chi connectivity index (χ1) is 14.3. The second-order valence-corrected chi connectivity index (χ2v) is 7.73. The molecule has 8 nitrogen and oxygen atoms in total. The van der Waals surface area contributed by atoms with Crippen LogP contribution in [0.5, 0.6) is 0 Å². The number of hydrogen-bond donors (Lipinski definition) is 2. The monoisotopic (exact) mass is 421 g/mol. The van der Waals surface area contributed by atoms with Gasteiger partial charge in [0.1, 0.15) is 12.2 Å². The third-order valence-corrected chi connectivity index (χ3v) is 3.76. The van der Waals surface area contributed by atoms with Crippen molar-refractivity contribution in [2.24, 2.45) is 4.99 Å². The van der Waals surface area contributed by atoms with Crippen molar-refractivity contribution < 1.29 is 23.8 Å². The highest BCUT2D eigenvalue weighted by Gasteiger charge is 2.15. The van der Waals surface area contributed by atoms with Gasteiger partial charge in [0, 0.05) is 26.6 Å². The van der Waals surface area contributed by atoms with Gasteiger partial charge in [0.2, 0.25) is 5.96 Å². The SMILES string of the molecule is COCCNC(=NCCCCCC(=O)OC(C)(C)C)NC(=O)OCc1ccccc1. The maximum Gasteiger partial charge on any atom is 0.414 e. The molecule has 0 aliphatic rings. The molecular weight excluding hydrogens is 386 g/mol. The summed E-state index contributed by atoms with van der Waals surface area (Å²) >= 11 is 0. The number of hydrogen-bond acceptors (Lipinski definition) is 6. The summed E-state index contributed by atoms with van der Waals surface area (Å²) in [5, 5.41) is 5.65. The molecule has 1 amide bonds. The van der Waals surface area contributed by atoms with Gasteiger partial charge in [-0.1, -0.05) is 36.8 Å². The van der Waals surface area contributed by atoms with Crippen molar-refractivity contribution in [2.45, 2.75) is 58.7 Å². The summed E-state index contributed by atoms with van der Waals surface area (Å²) in [6.07, 6.45) is 2.19. The number of nitrogens with zero attached hydrogens (tertiary/aromatic N) is 1. The molecule has 0 saturated heterocycles. The molecule has 0 saturated carbocycles. The molecule has 8 heteroatoms. The van der Waals surface area contributed by atoms with E-state index in [4.69, 9.17) is 14.2 Å². The van der Waals surface area contributed by atoms with Crippen LogP contribution in [0, 0.1) is 0 Å². The maximum absolute atomic E-state index is 12.0. The lowest BCUT2D eigenvalue weighted by molar-refractivity contribution is -0.154. The van der Waals surface area contributed by atoms with E-state index in [2.05, 4.69) is 15.6 Å². The first-order valence-electron chi connectivity index (χ1n) is 10.3. The lowest BCUT2D eigenvalue weighted by Gasteiger charge is -2.19. The zero-order chi connectivity index (χ0) is 22.2. The molecule has 0 atom stereocenters. The summed E-state index contributed by atoms with van der Waals surface area (Å²) in [6.45, 7) is 7.26. The first kappa shape index (κ1) is 25.4. The Balaban J connectivity index is 2.36. The highest BCUT2D eigenvalue weighted by molar-refractivity contribution is 5.93. The average Bonchev–Trinajstić information content (AvgIpc) is 2.68. The van der Waals surface area contributed by atoms with Crippen molar-refractivity contribution in [3.8, 4) is 0 Å². The van der Waals surface area contributed by atoms with Gasteiger partial charge in [0.15, 0.2) is 0 Å². The third kappa shape index (κ3) is 13.5.